The number of aromatic nitrogens is 2. The summed E-state index contributed by atoms with van der Waals surface area (Å²) >= 11 is 0. The summed E-state index contributed by atoms with van der Waals surface area (Å²) in [5, 5.41) is 9.65. The number of nitrogens with two attached hydrogens (primary N) is 2. The number of unbranched alkanes of at least 4 members (excludes halogenated alkanes) is 2. The van der Waals surface area contributed by atoms with Gasteiger partial charge in [-0.3, -0.25) is 19.6 Å². The molecule has 6 rings (SSSR count). The van der Waals surface area contributed by atoms with Crippen molar-refractivity contribution in [3.63, 3.8) is 0 Å². The van der Waals surface area contributed by atoms with E-state index < -0.39 is 24.0 Å². The Kier molecular flexibility index (Phi) is 23.5. The third kappa shape index (κ3) is 16.5. The third-order valence-corrected chi connectivity index (χ3v) is 11.0. The summed E-state index contributed by atoms with van der Waals surface area (Å²) in [5.74, 6) is -0.378. The van der Waals surface area contributed by atoms with E-state index >= 15 is 0 Å². The zero-order valence-corrected chi connectivity index (χ0v) is 39.8. The number of fused-ring (bicyclic) bond motifs is 2. The quantitative estimate of drug-likeness (QED) is 0.0284. The molecule has 2 heterocycles. The average molecular weight is 970 g/mol. The minimum atomic E-state index is -0.810. The Labute approximate surface area is 410 Å². The van der Waals surface area contributed by atoms with Crippen LogP contribution in [0.2, 0.25) is 0 Å². The van der Waals surface area contributed by atoms with Crippen LogP contribution in [0.25, 0.3) is 32.7 Å². The number of nitrogens with one attached hydrogen (secondary N) is 2. The molecule has 0 unspecified atom stereocenters. The van der Waals surface area contributed by atoms with Gasteiger partial charge < -0.3 is 41.0 Å². The third-order valence-electron chi connectivity index (χ3n) is 11.0. The number of ether oxygens (including phenoxy) is 4. The first-order valence-electron chi connectivity index (χ1n) is 22.8. The number of esters is 2. The van der Waals surface area contributed by atoms with E-state index in [1.165, 1.54) is 0 Å². The van der Waals surface area contributed by atoms with E-state index in [1.54, 1.807) is 36.7 Å². The number of amides is 2. The number of pyridine rings is 2. The number of hydrogen-bond donors (Lipinski definition) is 4. The number of hydrogen-bond acceptors (Lipinski definition) is 12. The molecule has 2 amide bonds. The second-order valence-electron chi connectivity index (χ2n) is 15.9. The summed E-state index contributed by atoms with van der Waals surface area (Å²) < 4.78 is 24.1. The molecule has 2 aromatic heterocycles. The van der Waals surface area contributed by atoms with Crippen molar-refractivity contribution in [3.05, 3.63) is 133 Å². The van der Waals surface area contributed by atoms with Gasteiger partial charge in [-0.25, -0.2) is 9.59 Å². The van der Waals surface area contributed by atoms with Gasteiger partial charge in [0, 0.05) is 36.4 Å². The molecule has 0 saturated carbocycles. The van der Waals surface area contributed by atoms with Crippen molar-refractivity contribution >= 4 is 70.1 Å². The fourth-order valence-corrected chi connectivity index (χ4v) is 7.56. The maximum absolute atomic E-state index is 13.2. The normalized spacial score (nSPS) is 11.6. The van der Waals surface area contributed by atoms with Crippen molar-refractivity contribution in [3.8, 4) is 22.6 Å². The zero-order chi connectivity index (χ0) is 46.4. The molecular weight excluding hydrogens is 908 g/mol. The van der Waals surface area contributed by atoms with Crippen LogP contribution in [0.15, 0.2) is 122 Å². The van der Waals surface area contributed by atoms with Gasteiger partial charge in [-0.2, -0.15) is 0 Å². The fraction of sp³-hybridized carbons (Fsp3) is 0.346. The van der Waals surface area contributed by atoms with Crippen molar-refractivity contribution in [2.75, 3.05) is 26.3 Å². The number of halogens is 2. The Morgan fingerprint density at radius 1 is 0.500 bits per heavy atom. The molecule has 2 atom stereocenters. The van der Waals surface area contributed by atoms with E-state index in [0.717, 1.165) is 32.7 Å². The van der Waals surface area contributed by atoms with E-state index in [0.29, 0.717) is 87.3 Å². The molecular formula is C52H62Cl2N6O8. The molecule has 0 saturated heterocycles. The van der Waals surface area contributed by atoms with Crippen LogP contribution < -0.4 is 31.6 Å². The largest absolute Gasteiger partial charge is 0.493 e. The van der Waals surface area contributed by atoms with Gasteiger partial charge in [0.2, 0.25) is 11.8 Å². The smallest absolute Gasteiger partial charge is 0.329 e. The molecule has 16 heteroatoms. The van der Waals surface area contributed by atoms with Crippen LogP contribution in [-0.2, 0) is 41.9 Å². The lowest BCUT2D eigenvalue weighted by Crippen LogP contribution is -2.42. The van der Waals surface area contributed by atoms with Gasteiger partial charge in [-0.1, -0.05) is 72.8 Å². The molecule has 6 N–H and O–H groups in total. The molecule has 68 heavy (non-hydrogen) atoms. The average Bonchev–Trinajstić information content (AvgIpc) is 3.35. The Morgan fingerprint density at radius 2 is 0.912 bits per heavy atom. The van der Waals surface area contributed by atoms with Crippen molar-refractivity contribution < 1.29 is 38.1 Å². The first-order chi connectivity index (χ1) is 32.3. The highest BCUT2D eigenvalue weighted by atomic mass is 35.5. The zero-order valence-electron chi connectivity index (χ0n) is 38.1. The topological polar surface area (TPSA) is 207 Å². The van der Waals surface area contributed by atoms with Crippen molar-refractivity contribution in [1.29, 1.82) is 0 Å². The van der Waals surface area contributed by atoms with Crippen molar-refractivity contribution in [2.24, 2.45) is 11.5 Å². The number of carbonyl (C=O) groups is 4. The molecule has 14 nitrogen and oxygen atoms in total. The first kappa shape index (κ1) is 54.3. The van der Waals surface area contributed by atoms with Crippen LogP contribution >= 0.6 is 24.8 Å². The van der Waals surface area contributed by atoms with Gasteiger partial charge in [0.05, 0.1) is 24.6 Å². The number of benzene rings is 4. The Hall–Kier alpha value is -6.32. The Bertz CT molecular complexity index is 2330. The summed E-state index contributed by atoms with van der Waals surface area (Å²) in [6.07, 6.45) is 7.84. The van der Waals surface area contributed by atoms with Crippen molar-refractivity contribution in [2.45, 2.75) is 89.5 Å². The Balaban J connectivity index is 0.00000504. The predicted octanol–water partition coefficient (Wildman–Crippen LogP) is 8.33. The summed E-state index contributed by atoms with van der Waals surface area (Å²) in [6.45, 7) is 1.43. The van der Waals surface area contributed by atoms with Crippen LogP contribution in [0.1, 0.15) is 75.6 Å². The number of carbonyl (C=O) groups excluding carboxylic acids is 4. The minimum Gasteiger partial charge on any atom is -0.493 e. The molecule has 6 aromatic rings. The summed E-state index contributed by atoms with van der Waals surface area (Å²) in [5.41, 5.74) is 14.3. The summed E-state index contributed by atoms with van der Waals surface area (Å²) in [6, 6.07) is 33.1. The van der Waals surface area contributed by atoms with Crippen LogP contribution in [0.5, 0.6) is 11.5 Å². The lowest BCUT2D eigenvalue weighted by molar-refractivity contribution is -0.150. The van der Waals surface area contributed by atoms with Gasteiger partial charge in [0.25, 0.3) is 0 Å². The van der Waals surface area contributed by atoms with Gasteiger partial charge in [0.1, 0.15) is 36.8 Å². The molecule has 0 spiro atoms. The van der Waals surface area contributed by atoms with Gasteiger partial charge >= 0.3 is 11.9 Å². The predicted molar refractivity (Wildman–Crippen MR) is 269 cm³/mol. The van der Waals surface area contributed by atoms with E-state index in [4.69, 9.17) is 30.4 Å². The van der Waals surface area contributed by atoms with E-state index in [-0.39, 0.29) is 75.9 Å². The van der Waals surface area contributed by atoms with Crippen molar-refractivity contribution in [1.82, 2.24) is 20.6 Å². The molecule has 0 bridgehead atoms. The second kappa shape index (κ2) is 29.4. The maximum atomic E-state index is 13.2. The lowest BCUT2D eigenvalue weighted by atomic mass is 9.92. The van der Waals surface area contributed by atoms with Crippen LogP contribution in [-0.4, -0.2) is 72.1 Å². The highest BCUT2D eigenvalue weighted by Crippen LogP contribution is 2.45. The molecule has 362 valence electrons. The SMILES string of the molecule is Cl.Cl.NCCCC[C@@H](NC(=O)CCCOc1ccc2ccccc2c1-c1c(OCCCC(=O)N[C@H](CCCCN)C(=O)OCc2ccccn2)ccc2ccccc12)C(=O)OCc1ccccn1. The highest BCUT2D eigenvalue weighted by Gasteiger charge is 2.24. The minimum absolute atomic E-state index is 0. The van der Waals surface area contributed by atoms with Crippen LogP contribution in [0.3, 0.4) is 0 Å². The van der Waals surface area contributed by atoms with Crippen LogP contribution in [0, 0.1) is 0 Å². The highest BCUT2D eigenvalue weighted by molar-refractivity contribution is 6.09. The summed E-state index contributed by atoms with van der Waals surface area (Å²) in [7, 11) is 0. The summed E-state index contributed by atoms with van der Waals surface area (Å²) in [4.78, 5) is 61.0. The van der Waals surface area contributed by atoms with Gasteiger partial charge in [-0.15, -0.1) is 24.8 Å². The number of rotatable bonds is 27. The molecule has 0 aliphatic carbocycles. The molecule has 4 aromatic carbocycles. The lowest BCUT2D eigenvalue weighted by Gasteiger charge is -2.20. The maximum Gasteiger partial charge on any atom is 0.329 e. The van der Waals surface area contributed by atoms with E-state index in [1.807, 2.05) is 84.9 Å². The molecule has 0 radical (unpaired) electrons. The fourth-order valence-electron chi connectivity index (χ4n) is 7.56. The van der Waals surface area contributed by atoms with Gasteiger partial charge in [-0.05, 0) is 122 Å². The monoisotopic (exact) mass is 968 g/mol. The molecule has 0 aliphatic rings. The number of nitrogens with zero attached hydrogens (tertiary/aromatic N) is 2. The Morgan fingerprint density at radius 3 is 1.31 bits per heavy atom. The van der Waals surface area contributed by atoms with E-state index in [2.05, 4.69) is 20.6 Å². The second-order valence-corrected chi connectivity index (χ2v) is 15.9. The van der Waals surface area contributed by atoms with E-state index in [9.17, 15) is 19.2 Å². The standard InChI is InChI=1S/C52H60N6O8.2ClH/c53-29-9-5-21-43(51(61)65-35-39-17-7-11-31-55-39)57-47(59)23-13-33-63-45-27-25-37-15-1-3-19-41(37)49(45)50-42-20-4-2-16-38(42)26-28-46(50)64-34-14-24-48(60)58-44(22-6-10-30-54)52(62)66-36-40-18-8-12-32-56-40;;/h1-4,7-8,11-12,15-20,25-28,31-32,43-44H,5-6,9-10,13-14,21-24,29-30,33-36,53-54H2,(H,57,59)(H,58,60);2*1H/t43-,44-;;/m1../s1. The van der Waals surface area contributed by atoms with Crippen LogP contribution in [0.4, 0.5) is 0 Å². The van der Waals surface area contributed by atoms with Gasteiger partial charge in [0.15, 0.2) is 0 Å². The first-order valence-corrected chi connectivity index (χ1v) is 22.8. The molecule has 0 aliphatic heterocycles. The molecule has 0 fully saturated rings.